The number of ether oxygens (including phenoxy) is 1. The van der Waals surface area contributed by atoms with Crippen molar-refractivity contribution in [3.63, 3.8) is 0 Å². The molecule has 0 spiro atoms. The molecule has 1 amide bonds. The summed E-state index contributed by atoms with van der Waals surface area (Å²) in [5.41, 5.74) is 0.815. The molecule has 0 saturated carbocycles. The van der Waals surface area contributed by atoms with Crippen LogP contribution in [0, 0.1) is 11.3 Å². The van der Waals surface area contributed by atoms with Gasteiger partial charge in [0, 0.05) is 10.7 Å². The van der Waals surface area contributed by atoms with Gasteiger partial charge in [0.15, 0.2) is 5.75 Å². The van der Waals surface area contributed by atoms with Gasteiger partial charge in [-0.1, -0.05) is 29.8 Å². The molecule has 94 valence electrons. The van der Waals surface area contributed by atoms with Crippen LogP contribution in [-0.2, 0) is 0 Å². The quantitative estimate of drug-likeness (QED) is 0.904. The molecule has 4 nitrogen and oxygen atoms in total. The third-order valence-electron chi connectivity index (χ3n) is 2.28. The Hall–Kier alpha value is -2.51. The van der Waals surface area contributed by atoms with E-state index in [2.05, 4.69) is 5.32 Å². The molecule has 5 heteroatoms. The summed E-state index contributed by atoms with van der Waals surface area (Å²) in [6.07, 6.45) is -0.662. The lowest BCUT2D eigenvalue weighted by Crippen LogP contribution is -2.17. The summed E-state index contributed by atoms with van der Waals surface area (Å²) < 4.78 is 5.06. The van der Waals surface area contributed by atoms with Crippen LogP contribution in [0.1, 0.15) is 5.56 Å². The number of para-hydroxylation sites is 1. The summed E-state index contributed by atoms with van der Waals surface area (Å²) in [5, 5.41) is 11.9. The minimum atomic E-state index is -0.662. The fourth-order valence-corrected chi connectivity index (χ4v) is 1.62. The second-order valence-corrected chi connectivity index (χ2v) is 4.07. The molecule has 0 fully saturated rings. The Morgan fingerprint density at radius 3 is 2.63 bits per heavy atom. The van der Waals surface area contributed by atoms with E-state index in [0.717, 1.165) is 0 Å². The number of anilines is 1. The zero-order valence-corrected chi connectivity index (χ0v) is 10.5. The Kier molecular flexibility index (Phi) is 4.01. The highest BCUT2D eigenvalue weighted by atomic mass is 35.5. The lowest BCUT2D eigenvalue weighted by Gasteiger charge is -2.07. The Morgan fingerprint density at radius 2 is 1.95 bits per heavy atom. The highest BCUT2D eigenvalue weighted by Crippen LogP contribution is 2.22. The van der Waals surface area contributed by atoms with Gasteiger partial charge < -0.3 is 4.74 Å². The lowest BCUT2D eigenvalue weighted by molar-refractivity contribution is 0.215. The molecule has 0 aromatic heterocycles. The maximum absolute atomic E-state index is 11.7. The molecule has 1 N–H and O–H groups in total. The van der Waals surface area contributed by atoms with E-state index >= 15 is 0 Å². The number of halogens is 1. The molecule has 0 unspecified atom stereocenters. The van der Waals surface area contributed by atoms with Crippen LogP contribution in [-0.4, -0.2) is 6.09 Å². The summed E-state index contributed by atoms with van der Waals surface area (Å²) in [7, 11) is 0. The van der Waals surface area contributed by atoms with E-state index in [1.165, 1.54) is 12.1 Å². The van der Waals surface area contributed by atoms with Crippen LogP contribution in [0.2, 0.25) is 5.02 Å². The number of nitrogens with zero attached hydrogens (tertiary/aromatic N) is 1. The molecule has 2 rings (SSSR count). The Balaban J connectivity index is 2.10. The van der Waals surface area contributed by atoms with E-state index in [4.69, 9.17) is 21.6 Å². The number of hydrogen-bond donors (Lipinski definition) is 1. The minimum Gasteiger partial charge on any atom is -0.409 e. The molecular formula is C14H9ClN2O2. The third kappa shape index (κ3) is 3.47. The average Bonchev–Trinajstić information content (AvgIpc) is 2.42. The highest BCUT2D eigenvalue weighted by Gasteiger charge is 2.09. The van der Waals surface area contributed by atoms with Gasteiger partial charge in [-0.2, -0.15) is 5.26 Å². The second-order valence-electron chi connectivity index (χ2n) is 3.63. The van der Waals surface area contributed by atoms with Crippen molar-refractivity contribution in [3.8, 4) is 11.8 Å². The number of carbonyl (C=O) groups excluding carboxylic acids is 1. The predicted molar refractivity (Wildman–Crippen MR) is 72.3 cm³/mol. The van der Waals surface area contributed by atoms with E-state index in [0.29, 0.717) is 10.7 Å². The summed E-state index contributed by atoms with van der Waals surface area (Å²) in [5.74, 6) is 0.167. The molecule has 2 aromatic rings. The van der Waals surface area contributed by atoms with Crippen LogP contribution >= 0.6 is 11.6 Å². The number of rotatable bonds is 2. The largest absolute Gasteiger partial charge is 0.417 e. The van der Waals surface area contributed by atoms with Crippen LogP contribution in [0.15, 0.2) is 48.5 Å². The van der Waals surface area contributed by atoms with Crippen molar-refractivity contribution in [2.75, 3.05) is 5.32 Å². The van der Waals surface area contributed by atoms with Crippen LogP contribution in [0.25, 0.3) is 0 Å². The SMILES string of the molecule is N#Cc1cc(Cl)ccc1OC(=O)Nc1ccccc1. The first-order valence-electron chi connectivity index (χ1n) is 5.42. The van der Waals surface area contributed by atoms with Crippen molar-refractivity contribution < 1.29 is 9.53 Å². The number of hydrogen-bond acceptors (Lipinski definition) is 3. The molecule has 0 aliphatic rings. The van der Waals surface area contributed by atoms with E-state index in [9.17, 15) is 4.79 Å². The Labute approximate surface area is 115 Å². The fraction of sp³-hybridized carbons (Fsp3) is 0. The molecule has 2 aromatic carbocycles. The van der Waals surface area contributed by atoms with Crippen molar-refractivity contribution in [3.05, 3.63) is 59.1 Å². The lowest BCUT2D eigenvalue weighted by atomic mass is 10.2. The van der Waals surface area contributed by atoms with Gasteiger partial charge in [0.25, 0.3) is 0 Å². The van der Waals surface area contributed by atoms with Gasteiger partial charge in [-0.05, 0) is 30.3 Å². The van der Waals surface area contributed by atoms with Crippen LogP contribution in [0.3, 0.4) is 0 Å². The standard InChI is InChI=1S/C14H9ClN2O2/c15-11-6-7-13(10(8-11)9-16)19-14(18)17-12-4-2-1-3-5-12/h1-8H,(H,17,18). The van der Waals surface area contributed by atoms with Gasteiger partial charge in [-0.15, -0.1) is 0 Å². The zero-order valence-electron chi connectivity index (χ0n) is 9.76. The second kappa shape index (κ2) is 5.89. The summed E-state index contributed by atoms with van der Waals surface area (Å²) in [6.45, 7) is 0. The van der Waals surface area contributed by atoms with Gasteiger partial charge in [0.1, 0.15) is 6.07 Å². The molecule has 0 aliphatic carbocycles. The molecule has 0 saturated heterocycles. The average molecular weight is 273 g/mol. The van der Waals surface area contributed by atoms with Gasteiger partial charge in [-0.25, -0.2) is 4.79 Å². The van der Waals surface area contributed by atoms with Crippen molar-refractivity contribution in [1.82, 2.24) is 0 Å². The third-order valence-corrected chi connectivity index (χ3v) is 2.52. The van der Waals surface area contributed by atoms with Crippen LogP contribution < -0.4 is 10.1 Å². The van der Waals surface area contributed by atoms with E-state index in [1.54, 1.807) is 30.3 Å². The first kappa shape index (κ1) is 12.9. The maximum Gasteiger partial charge on any atom is 0.417 e. The minimum absolute atomic E-state index is 0.167. The van der Waals surface area contributed by atoms with Crippen LogP contribution in [0.4, 0.5) is 10.5 Å². The molecule has 19 heavy (non-hydrogen) atoms. The highest BCUT2D eigenvalue weighted by molar-refractivity contribution is 6.30. The van der Waals surface area contributed by atoms with Gasteiger partial charge >= 0.3 is 6.09 Å². The van der Waals surface area contributed by atoms with Gasteiger partial charge in [-0.3, -0.25) is 5.32 Å². The van der Waals surface area contributed by atoms with Crippen LogP contribution in [0.5, 0.6) is 5.75 Å². The number of amides is 1. The summed E-state index contributed by atoms with van der Waals surface area (Å²) in [4.78, 5) is 11.7. The molecule has 0 heterocycles. The molecule has 0 aliphatic heterocycles. The number of nitriles is 1. The number of nitrogens with one attached hydrogen (secondary N) is 1. The summed E-state index contributed by atoms with van der Waals surface area (Å²) >= 11 is 5.75. The van der Waals surface area contributed by atoms with Gasteiger partial charge in [0.05, 0.1) is 5.56 Å². The molecular weight excluding hydrogens is 264 g/mol. The molecule has 0 atom stereocenters. The smallest absolute Gasteiger partial charge is 0.409 e. The molecule has 0 radical (unpaired) electrons. The number of carbonyl (C=O) groups is 1. The van der Waals surface area contributed by atoms with Crippen molar-refractivity contribution >= 4 is 23.4 Å². The molecule has 0 bridgehead atoms. The monoisotopic (exact) mass is 272 g/mol. The fourth-order valence-electron chi connectivity index (χ4n) is 1.44. The topological polar surface area (TPSA) is 62.1 Å². The predicted octanol–water partition coefficient (Wildman–Crippen LogP) is 3.82. The van der Waals surface area contributed by atoms with Crippen molar-refractivity contribution in [1.29, 1.82) is 5.26 Å². The summed E-state index contributed by atoms with van der Waals surface area (Å²) in [6, 6.07) is 15.3. The Morgan fingerprint density at radius 1 is 1.21 bits per heavy atom. The van der Waals surface area contributed by atoms with Gasteiger partial charge in [0.2, 0.25) is 0 Å². The van der Waals surface area contributed by atoms with Crippen molar-refractivity contribution in [2.24, 2.45) is 0 Å². The Bertz CT molecular complexity index is 636. The maximum atomic E-state index is 11.7. The number of benzene rings is 2. The first-order valence-corrected chi connectivity index (χ1v) is 5.80. The van der Waals surface area contributed by atoms with E-state index < -0.39 is 6.09 Å². The van der Waals surface area contributed by atoms with E-state index in [1.807, 2.05) is 12.1 Å². The normalized spacial score (nSPS) is 9.47. The first-order chi connectivity index (χ1) is 9.19. The van der Waals surface area contributed by atoms with E-state index in [-0.39, 0.29) is 11.3 Å². The zero-order chi connectivity index (χ0) is 13.7. The van der Waals surface area contributed by atoms with Crippen molar-refractivity contribution in [2.45, 2.75) is 0 Å².